The Kier molecular flexibility index (Phi) is 4.99. The minimum absolute atomic E-state index is 0.00123. The van der Waals surface area contributed by atoms with Crippen LogP contribution in [0.5, 0.6) is 5.88 Å². The van der Waals surface area contributed by atoms with Gasteiger partial charge >= 0.3 is 5.97 Å². The van der Waals surface area contributed by atoms with Gasteiger partial charge in [0, 0.05) is 0 Å². The zero-order valence-electron chi connectivity index (χ0n) is 15.2. The van der Waals surface area contributed by atoms with Crippen LogP contribution in [0.25, 0.3) is 11.5 Å². The predicted octanol–water partition coefficient (Wildman–Crippen LogP) is 2.24. The van der Waals surface area contributed by atoms with E-state index in [1.54, 1.807) is 31.2 Å². The molecule has 0 spiro atoms. The number of benzene rings is 1. The molecule has 0 radical (unpaired) electrons. The van der Waals surface area contributed by atoms with Gasteiger partial charge in [0.2, 0.25) is 11.7 Å². The number of aliphatic hydroxyl groups excluding tert-OH is 1. The number of esters is 1. The van der Waals surface area contributed by atoms with Gasteiger partial charge in [-0.3, -0.25) is 9.20 Å². The highest BCUT2D eigenvalue weighted by Crippen LogP contribution is 2.19. The molecule has 3 N–H and O–H groups in total. The van der Waals surface area contributed by atoms with Crippen LogP contribution >= 0.6 is 0 Å². The molecule has 3 aromatic rings. The summed E-state index contributed by atoms with van der Waals surface area (Å²) in [5, 5.41) is 22.1. The van der Waals surface area contributed by atoms with Crippen molar-refractivity contribution in [1.82, 2.24) is 19.7 Å². The predicted molar refractivity (Wildman–Crippen MR) is 100.0 cm³/mol. The molecule has 1 amide bonds. The van der Waals surface area contributed by atoms with Gasteiger partial charge in [-0.15, -0.1) is 0 Å². The van der Waals surface area contributed by atoms with E-state index in [1.807, 2.05) is 0 Å². The van der Waals surface area contributed by atoms with Crippen molar-refractivity contribution in [2.75, 3.05) is 7.11 Å². The standard InChI is InChI=1S/C19H18N4O5/c1-10(12-4-6-13(7-5-12)18(27)28-3)20-17(26)14-8-15(11(2)24)23-9-16(25)22-19(23)21-14/h4-10,24-25H,2H2,1,3H3,(H,20,26)/t10-/m0/s1. The van der Waals surface area contributed by atoms with Crippen molar-refractivity contribution >= 4 is 23.4 Å². The fourth-order valence-electron chi connectivity index (χ4n) is 2.67. The van der Waals surface area contributed by atoms with Crippen molar-refractivity contribution in [3.63, 3.8) is 0 Å². The summed E-state index contributed by atoms with van der Waals surface area (Å²) >= 11 is 0. The second-order valence-corrected chi connectivity index (χ2v) is 6.05. The summed E-state index contributed by atoms with van der Waals surface area (Å²) in [6.45, 7) is 5.23. The van der Waals surface area contributed by atoms with E-state index in [0.717, 1.165) is 5.56 Å². The fraction of sp³-hybridized carbons (Fsp3) is 0.158. The maximum absolute atomic E-state index is 12.6. The van der Waals surface area contributed by atoms with Crippen LogP contribution in [0, 0.1) is 0 Å². The molecule has 2 aromatic heterocycles. The van der Waals surface area contributed by atoms with Gasteiger partial charge in [-0.2, -0.15) is 4.98 Å². The lowest BCUT2D eigenvalue weighted by molar-refractivity contribution is 0.0600. The van der Waals surface area contributed by atoms with Crippen LogP contribution in [0.3, 0.4) is 0 Å². The first-order valence-electron chi connectivity index (χ1n) is 8.26. The fourth-order valence-corrected chi connectivity index (χ4v) is 2.67. The van der Waals surface area contributed by atoms with Crippen LogP contribution in [0.15, 0.2) is 43.1 Å². The smallest absolute Gasteiger partial charge is 0.337 e. The summed E-state index contributed by atoms with van der Waals surface area (Å²) in [4.78, 5) is 32.0. The Morgan fingerprint density at radius 1 is 1.25 bits per heavy atom. The average Bonchev–Trinajstić information content (AvgIpc) is 3.06. The van der Waals surface area contributed by atoms with E-state index in [1.165, 1.54) is 23.8 Å². The Labute approximate surface area is 159 Å². The van der Waals surface area contributed by atoms with Crippen molar-refractivity contribution in [2.24, 2.45) is 0 Å². The number of imidazole rings is 1. The summed E-state index contributed by atoms with van der Waals surface area (Å²) in [6.07, 6.45) is 1.26. The minimum Gasteiger partial charge on any atom is -0.506 e. The van der Waals surface area contributed by atoms with Gasteiger partial charge in [0.1, 0.15) is 11.5 Å². The first kappa shape index (κ1) is 18.9. The van der Waals surface area contributed by atoms with Gasteiger partial charge < -0.3 is 20.3 Å². The Bertz CT molecular complexity index is 1070. The number of nitrogens with zero attached hydrogens (tertiary/aromatic N) is 3. The zero-order chi connectivity index (χ0) is 20.4. The maximum Gasteiger partial charge on any atom is 0.337 e. The zero-order valence-corrected chi connectivity index (χ0v) is 15.2. The summed E-state index contributed by atoms with van der Waals surface area (Å²) in [5.41, 5.74) is 1.36. The summed E-state index contributed by atoms with van der Waals surface area (Å²) in [5.74, 6) is -1.50. The second-order valence-electron chi connectivity index (χ2n) is 6.05. The second kappa shape index (κ2) is 7.39. The number of aromatic hydroxyl groups is 1. The van der Waals surface area contributed by atoms with Crippen LogP contribution in [0.4, 0.5) is 0 Å². The number of nitrogens with one attached hydrogen (secondary N) is 1. The third-order valence-electron chi connectivity index (χ3n) is 4.14. The third-order valence-corrected chi connectivity index (χ3v) is 4.14. The quantitative estimate of drug-likeness (QED) is 0.456. The SMILES string of the molecule is C=C(O)c1cc(C(=O)N[C@@H](C)c2ccc(C(=O)OC)cc2)nc2nc(O)cn12. The molecule has 9 nitrogen and oxygen atoms in total. The number of carbonyl (C=O) groups is 2. The largest absolute Gasteiger partial charge is 0.506 e. The number of rotatable bonds is 5. The number of methoxy groups -OCH3 is 1. The van der Waals surface area contributed by atoms with Crippen molar-refractivity contribution in [3.8, 4) is 5.88 Å². The van der Waals surface area contributed by atoms with Crippen molar-refractivity contribution in [1.29, 1.82) is 0 Å². The Morgan fingerprint density at radius 2 is 1.93 bits per heavy atom. The van der Waals surface area contributed by atoms with E-state index >= 15 is 0 Å². The number of ether oxygens (including phenoxy) is 1. The number of hydrogen-bond acceptors (Lipinski definition) is 7. The summed E-state index contributed by atoms with van der Waals surface area (Å²) < 4.78 is 5.98. The number of aliphatic hydroxyl groups is 1. The van der Waals surface area contributed by atoms with E-state index in [0.29, 0.717) is 5.56 Å². The number of aromatic nitrogens is 3. The van der Waals surface area contributed by atoms with E-state index in [-0.39, 0.29) is 34.8 Å². The minimum atomic E-state index is -0.503. The van der Waals surface area contributed by atoms with E-state index < -0.39 is 11.9 Å². The molecular formula is C19H18N4O5. The van der Waals surface area contributed by atoms with Crippen LogP contribution < -0.4 is 5.32 Å². The molecule has 0 aliphatic rings. The molecule has 0 unspecified atom stereocenters. The van der Waals surface area contributed by atoms with Crippen LogP contribution in [-0.2, 0) is 4.74 Å². The number of fused-ring (bicyclic) bond motifs is 1. The summed E-state index contributed by atoms with van der Waals surface area (Å²) in [6, 6.07) is 7.60. The molecular weight excluding hydrogens is 364 g/mol. The van der Waals surface area contributed by atoms with Crippen molar-refractivity contribution < 1.29 is 24.5 Å². The van der Waals surface area contributed by atoms with Crippen molar-refractivity contribution in [2.45, 2.75) is 13.0 Å². The van der Waals surface area contributed by atoms with Gasteiger partial charge in [0.25, 0.3) is 5.91 Å². The van der Waals surface area contributed by atoms with Gasteiger partial charge in [-0.05, 0) is 30.7 Å². The number of carbonyl (C=O) groups excluding carboxylic acids is 2. The van der Waals surface area contributed by atoms with Crippen LogP contribution in [0.2, 0.25) is 0 Å². The summed E-state index contributed by atoms with van der Waals surface area (Å²) in [7, 11) is 1.30. The lowest BCUT2D eigenvalue weighted by Gasteiger charge is -2.15. The molecule has 3 rings (SSSR count). The maximum atomic E-state index is 12.6. The first-order chi connectivity index (χ1) is 13.3. The lowest BCUT2D eigenvalue weighted by atomic mass is 10.1. The highest BCUT2D eigenvalue weighted by Gasteiger charge is 2.18. The Balaban J connectivity index is 1.84. The topological polar surface area (TPSA) is 126 Å². The van der Waals surface area contributed by atoms with Gasteiger partial charge in [0.05, 0.1) is 30.6 Å². The lowest BCUT2D eigenvalue weighted by Crippen LogP contribution is -2.28. The highest BCUT2D eigenvalue weighted by atomic mass is 16.5. The van der Waals surface area contributed by atoms with Crippen LogP contribution in [-0.4, -0.2) is 43.6 Å². The van der Waals surface area contributed by atoms with Gasteiger partial charge in [-0.1, -0.05) is 18.7 Å². The molecule has 0 fully saturated rings. The highest BCUT2D eigenvalue weighted by molar-refractivity contribution is 5.93. The molecule has 0 bridgehead atoms. The molecule has 9 heteroatoms. The van der Waals surface area contributed by atoms with Gasteiger partial charge in [0.15, 0.2) is 0 Å². The Hall–Kier alpha value is -3.88. The molecule has 0 aliphatic carbocycles. The molecule has 0 aliphatic heterocycles. The molecule has 1 atom stereocenters. The Morgan fingerprint density at radius 3 is 2.54 bits per heavy atom. The first-order valence-corrected chi connectivity index (χ1v) is 8.26. The molecule has 2 heterocycles. The molecule has 1 aromatic carbocycles. The van der Waals surface area contributed by atoms with E-state index in [4.69, 9.17) is 0 Å². The molecule has 0 saturated heterocycles. The van der Waals surface area contributed by atoms with E-state index in [2.05, 4.69) is 26.6 Å². The average molecular weight is 382 g/mol. The molecule has 28 heavy (non-hydrogen) atoms. The van der Waals surface area contributed by atoms with Crippen molar-refractivity contribution in [3.05, 3.63) is 65.6 Å². The van der Waals surface area contributed by atoms with E-state index in [9.17, 15) is 19.8 Å². The normalized spacial score (nSPS) is 11.8. The van der Waals surface area contributed by atoms with Crippen LogP contribution in [0.1, 0.15) is 45.1 Å². The number of amides is 1. The molecule has 144 valence electrons. The monoisotopic (exact) mass is 382 g/mol. The number of hydrogen-bond donors (Lipinski definition) is 3. The third kappa shape index (κ3) is 3.63. The van der Waals surface area contributed by atoms with Gasteiger partial charge in [-0.25, -0.2) is 9.78 Å². The molecule has 0 saturated carbocycles.